The standard InChI is InChI=1S/C12H18N2O2/c1-9-5-12(15,8-14(9)2)10-4-11(16-3)7-13-6-10/h4,6-7,9,15H,5,8H2,1-3H3. The van der Waals surface area contributed by atoms with E-state index in [1.807, 2.05) is 13.1 Å². The molecule has 4 heteroatoms. The molecule has 16 heavy (non-hydrogen) atoms. The molecule has 2 unspecified atom stereocenters. The number of likely N-dealkylation sites (N-methyl/N-ethyl adjacent to an activating group) is 1. The second-order valence-corrected chi connectivity index (χ2v) is 4.61. The van der Waals surface area contributed by atoms with Crippen LogP contribution in [0.3, 0.4) is 0 Å². The Morgan fingerprint density at radius 2 is 2.31 bits per heavy atom. The summed E-state index contributed by atoms with van der Waals surface area (Å²) >= 11 is 0. The van der Waals surface area contributed by atoms with Gasteiger partial charge in [-0.1, -0.05) is 0 Å². The maximum atomic E-state index is 10.6. The van der Waals surface area contributed by atoms with Crippen molar-refractivity contribution < 1.29 is 9.84 Å². The molecular formula is C12H18N2O2. The van der Waals surface area contributed by atoms with Crippen LogP contribution in [0.1, 0.15) is 18.9 Å². The largest absolute Gasteiger partial charge is 0.495 e. The molecule has 0 amide bonds. The van der Waals surface area contributed by atoms with Gasteiger partial charge in [0.15, 0.2) is 0 Å². The molecule has 2 atom stereocenters. The molecule has 0 spiro atoms. The van der Waals surface area contributed by atoms with Crippen LogP contribution in [0.4, 0.5) is 0 Å². The first kappa shape index (κ1) is 11.4. The first-order valence-electron chi connectivity index (χ1n) is 5.47. The average molecular weight is 222 g/mol. The summed E-state index contributed by atoms with van der Waals surface area (Å²) in [6.45, 7) is 2.76. The zero-order valence-corrected chi connectivity index (χ0v) is 9.97. The molecule has 0 bridgehead atoms. The number of β-amino-alcohol motifs (C(OH)–C–C–N with tert-alkyl or cyclic N) is 1. The molecule has 0 saturated carbocycles. The predicted molar refractivity (Wildman–Crippen MR) is 61.4 cm³/mol. The van der Waals surface area contributed by atoms with E-state index in [9.17, 15) is 5.11 Å². The monoisotopic (exact) mass is 222 g/mol. The third-order valence-corrected chi connectivity index (χ3v) is 3.38. The van der Waals surface area contributed by atoms with E-state index in [-0.39, 0.29) is 0 Å². The van der Waals surface area contributed by atoms with Crippen LogP contribution in [0.15, 0.2) is 18.5 Å². The smallest absolute Gasteiger partial charge is 0.137 e. The maximum absolute atomic E-state index is 10.6. The summed E-state index contributed by atoms with van der Waals surface area (Å²) in [5.74, 6) is 0.688. The molecule has 0 aromatic carbocycles. The van der Waals surface area contributed by atoms with Crippen molar-refractivity contribution in [1.82, 2.24) is 9.88 Å². The van der Waals surface area contributed by atoms with Gasteiger partial charge >= 0.3 is 0 Å². The molecule has 0 aliphatic carbocycles. The Kier molecular flexibility index (Phi) is 2.86. The van der Waals surface area contributed by atoms with Crippen molar-refractivity contribution in [2.75, 3.05) is 20.7 Å². The van der Waals surface area contributed by atoms with Crippen molar-refractivity contribution >= 4 is 0 Å². The minimum Gasteiger partial charge on any atom is -0.495 e. The molecule has 1 aromatic heterocycles. The van der Waals surface area contributed by atoms with E-state index < -0.39 is 5.60 Å². The van der Waals surface area contributed by atoms with Crippen LogP contribution in [0.25, 0.3) is 0 Å². The number of ether oxygens (including phenoxy) is 1. The molecule has 1 saturated heterocycles. The van der Waals surface area contributed by atoms with Gasteiger partial charge in [0.1, 0.15) is 11.4 Å². The van der Waals surface area contributed by atoms with E-state index in [2.05, 4.69) is 16.8 Å². The van der Waals surface area contributed by atoms with Crippen LogP contribution < -0.4 is 4.74 Å². The normalized spacial score (nSPS) is 30.6. The first-order valence-corrected chi connectivity index (χ1v) is 5.47. The number of aromatic nitrogens is 1. The molecule has 1 N–H and O–H groups in total. The van der Waals surface area contributed by atoms with Crippen molar-refractivity contribution in [2.45, 2.75) is 25.0 Å². The minimum absolute atomic E-state index is 0.385. The van der Waals surface area contributed by atoms with Gasteiger partial charge in [0.25, 0.3) is 0 Å². The van der Waals surface area contributed by atoms with E-state index in [0.29, 0.717) is 18.3 Å². The van der Waals surface area contributed by atoms with Crippen molar-refractivity contribution in [2.24, 2.45) is 0 Å². The molecule has 88 valence electrons. The van der Waals surface area contributed by atoms with Gasteiger partial charge in [-0.2, -0.15) is 0 Å². The third-order valence-electron chi connectivity index (χ3n) is 3.38. The molecule has 2 heterocycles. The van der Waals surface area contributed by atoms with Crippen LogP contribution >= 0.6 is 0 Å². The molecule has 2 rings (SSSR count). The Morgan fingerprint density at radius 1 is 1.56 bits per heavy atom. The second-order valence-electron chi connectivity index (χ2n) is 4.61. The maximum Gasteiger partial charge on any atom is 0.137 e. The summed E-state index contributed by atoms with van der Waals surface area (Å²) in [6.07, 6.45) is 4.10. The number of hydrogen-bond donors (Lipinski definition) is 1. The van der Waals surface area contributed by atoms with Crippen molar-refractivity contribution in [3.8, 4) is 5.75 Å². The lowest BCUT2D eigenvalue weighted by Crippen LogP contribution is -2.29. The van der Waals surface area contributed by atoms with Gasteiger partial charge in [0.2, 0.25) is 0 Å². The van der Waals surface area contributed by atoms with Gasteiger partial charge in [0.05, 0.1) is 13.3 Å². The summed E-state index contributed by atoms with van der Waals surface area (Å²) in [5, 5.41) is 10.6. The van der Waals surface area contributed by atoms with E-state index in [0.717, 1.165) is 12.0 Å². The lowest BCUT2D eigenvalue weighted by molar-refractivity contribution is 0.0480. The van der Waals surface area contributed by atoms with Crippen LogP contribution in [0, 0.1) is 0 Å². The van der Waals surface area contributed by atoms with Gasteiger partial charge < -0.3 is 14.7 Å². The van der Waals surface area contributed by atoms with Gasteiger partial charge in [-0.15, -0.1) is 0 Å². The lowest BCUT2D eigenvalue weighted by Gasteiger charge is -2.22. The van der Waals surface area contributed by atoms with Crippen LogP contribution in [-0.2, 0) is 5.60 Å². The topological polar surface area (TPSA) is 45.6 Å². The minimum atomic E-state index is -0.796. The first-order chi connectivity index (χ1) is 7.55. The van der Waals surface area contributed by atoms with Crippen molar-refractivity contribution in [3.05, 3.63) is 24.0 Å². The summed E-state index contributed by atoms with van der Waals surface area (Å²) in [5.41, 5.74) is 0.0402. The number of hydrogen-bond acceptors (Lipinski definition) is 4. The quantitative estimate of drug-likeness (QED) is 0.811. The van der Waals surface area contributed by atoms with E-state index in [4.69, 9.17) is 4.74 Å². The van der Waals surface area contributed by atoms with Gasteiger partial charge in [-0.25, -0.2) is 0 Å². The van der Waals surface area contributed by atoms with E-state index >= 15 is 0 Å². The Hall–Kier alpha value is -1.13. The Labute approximate surface area is 95.9 Å². The van der Waals surface area contributed by atoms with Gasteiger partial charge in [-0.3, -0.25) is 4.98 Å². The molecule has 1 aliphatic heterocycles. The average Bonchev–Trinajstić information content (AvgIpc) is 2.54. The number of pyridine rings is 1. The predicted octanol–water partition coefficient (Wildman–Crippen LogP) is 1.00. The van der Waals surface area contributed by atoms with Crippen LogP contribution in [0.2, 0.25) is 0 Å². The fourth-order valence-electron chi connectivity index (χ4n) is 2.27. The Balaban J connectivity index is 2.29. The summed E-state index contributed by atoms with van der Waals surface area (Å²) in [6, 6.07) is 2.25. The highest BCUT2D eigenvalue weighted by molar-refractivity contribution is 5.29. The molecule has 1 fully saturated rings. The highest BCUT2D eigenvalue weighted by Crippen LogP contribution is 2.35. The highest BCUT2D eigenvalue weighted by atomic mass is 16.5. The van der Waals surface area contributed by atoms with E-state index in [1.165, 1.54) is 0 Å². The van der Waals surface area contributed by atoms with Gasteiger partial charge in [0, 0.05) is 24.3 Å². The number of nitrogens with zero attached hydrogens (tertiary/aromatic N) is 2. The second kappa shape index (κ2) is 4.03. The lowest BCUT2D eigenvalue weighted by atomic mass is 9.93. The summed E-state index contributed by atoms with van der Waals surface area (Å²) in [4.78, 5) is 6.24. The number of aliphatic hydroxyl groups is 1. The van der Waals surface area contributed by atoms with E-state index in [1.54, 1.807) is 19.5 Å². The summed E-state index contributed by atoms with van der Waals surface area (Å²) < 4.78 is 5.13. The Morgan fingerprint density at radius 3 is 2.88 bits per heavy atom. The fourth-order valence-corrected chi connectivity index (χ4v) is 2.27. The zero-order chi connectivity index (χ0) is 11.8. The number of methoxy groups -OCH3 is 1. The molecular weight excluding hydrogens is 204 g/mol. The van der Waals surface area contributed by atoms with Crippen LogP contribution in [-0.4, -0.2) is 41.7 Å². The highest BCUT2D eigenvalue weighted by Gasteiger charge is 2.40. The Bertz CT molecular complexity index is 371. The molecule has 1 aliphatic rings. The fraction of sp³-hybridized carbons (Fsp3) is 0.583. The number of rotatable bonds is 2. The molecule has 4 nitrogen and oxygen atoms in total. The molecule has 1 aromatic rings. The van der Waals surface area contributed by atoms with Gasteiger partial charge in [-0.05, 0) is 26.5 Å². The number of likely N-dealkylation sites (tertiary alicyclic amines) is 1. The van der Waals surface area contributed by atoms with Crippen molar-refractivity contribution in [3.63, 3.8) is 0 Å². The molecule has 0 radical (unpaired) electrons. The van der Waals surface area contributed by atoms with Crippen LogP contribution in [0.5, 0.6) is 5.75 Å². The summed E-state index contributed by atoms with van der Waals surface area (Å²) in [7, 11) is 3.63. The third kappa shape index (κ3) is 1.90. The zero-order valence-electron chi connectivity index (χ0n) is 9.97. The van der Waals surface area contributed by atoms with Crippen molar-refractivity contribution in [1.29, 1.82) is 0 Å². The SMILES string of the molecule is COc1cncc(C2(O)CC(C)N(C)C2)c1.